The first-order valence-corrected chi connectivity index (χ1v) is 5.26. The molecule has 0 atom stereocenters. The summed E-state index contributed by atoms with van der Waals surface area (Å²) in [6.45, 7) is 2.60. The van der Waals surface area contributed by atoms with Crippen molar-refractivity contribution in [1.82, 2.24) is 9.97 Å². The van der Waals surface area contributed by atoms with E-state index in [1.165, 1.54) is 6.33 Å². The van der Waals surface area contributed by atoms with Gasteiger partial charge in [0.15, 0.2) is 0 Å². The summed E-state index contributed by atoms with van der Waals surface area (Å²) in [7, 11) is 0. The molecule has 0 unspecified atom stereocenters. The van der Waals surface area contributed by atoms with Gasteiger partial charge in [0.2, 0.25) is 5.88 Å². The van der Waals surface area contributed by atoms with Crippen molar-refractivity contribution in [2.75, 3.05) is 18.5 Å². The highest BCUT2D eigenvalue weighted by Crippen LogP contribution is 2.21. The van der Waals surface area contributed by atoms with E-state index in [0.717, 1.165) is 0 Å². The number of anilines is 1. The van der Waals surface area contributed by atoms with Crippen LogP contribution in [0.15, 0.2) is 12.4 Å². The van der Waals surface area contributed by atoms with Gasteiger partial charge in [-0.15, -0.1) is 0 Å². The molecule has 1 heterocycles. The van der Waals surface area contributed by atoms with Crippen LogP contribution in [0.1, 0.15) is 19.8 Å². The average Bonchev–Trinajstić information content (AvgIpc) is 2.24. The van der Waals surface area contributed by atoms with Crippen molar-refractivity contribution in [3.05, 3.63) is 12.4 Å². The first-order valence-electron chi connectivity index (χ1n) is 5.26. The Balaban J connectivity index is 2.34. The lowest BCUT2D eigenvalue weighted by molar-refractivity contribution is -0.136. The van der Waals surface area contributed by atoms with Crippen LogP contribution in [0.25, 0.3) is 0 Å². The Hall–Kier alpha value is -1.53. The number of rotatable bonds is 6. The predicted molar refractivity (Wildman–Crippen MR) is 57.0 cm³/mol. The molecule has 17 heavy (non-hydrogen) atoms. The second-order valence-electron chi connectivity index (χ2n) is 3.34. The second-order valence-corrected chi connectivity index (χ2v) is 3.34. The van der Waals surface area contributed by atoms with Gasteiger partial charge in [0, 0.05) is 19.0 Å². The van der Waals surface area contributed by atoms with Crippen LogP contribution in [-0.2, 0) is 0 Å². The number of aromatic nitrogens is 2. The highest BCUT2D eigenvalue weighted by molar-refractivity contribution is 5.36. The molecular formula is C10H14F3N3O. The monoisotopic (exact) mass is 249 g/mol. The first kappa shape index (κ1) is 13.5. The number of hydrogen-bond donors (Lipinski definition) is 1. The topological polar surface area (TPSA) is 47.0 Å². The number of ether oxygens (including phenoxy) is 1. The van der Waals surface area contributed by atoms with E-state index in [1.807, 2.05) is 6.92 Å². The Bertz CT molecular complexity index is 344. The second kappa shape index (κ2) is 6.27. The minimum Gasteiger partial charge on any atom is -0.478 e. The summed E-state index contributed by atoms with van der Waals surface area (Å²) in [6, 6.07) is 1.55. The molecule has 96 valence electrons. The highest BCUT2D eigenvalue weighted by atomic mass is 19.4. The standard InChI is InChI=1S/C10H14F3N3O/c1-2-14-8-6-9(16-7-15-8)17-5-3-4-10(11,12)13/h6-7H,2-5H2,1H3,(H,14,15,16). The third-order valence-corrected chi connectivity index (χ3v) is 1.85. The molecule has 0 aliphatic rings. The van der Waals surface area contributed by atoms with Crippen LogP contribution in [0.4, 0.5) is 19.0 Å². The van der Waals surface area contributed by atoms with Crippen LogP contribution >= 0.6 is 0 Å². The third-order valence-electron chi connectivity index (χ3n) is 1.85. The van der Waals surface area contributed by atoms with E-state index in [4.69, 9.17) is 4.74 Å². The fourth-order valence-corrected chi connectivity index (χ4v) is 1.15. The van der Waals surface area contributed by atoms with Crippen molar-refractivity contribution in [1.29, 1.82) is 0 Å². The smallest absolute Gasteiger partial charge is 0.389 e. The van der Waals surface area contributed by atoms with Gasteiger partial charge in [-0.25, -0.2) is 9.97 Å². The number of nitrogens with one attached hydrogen (secondary N) is 1. The molecule has 0 aromatic carbocycles. The van der Waals surface area contributed by atoms with Crippen LogP contribution in [0.2, 0.25) is 0 Å². The minimum atomic E-state index is -4.13. The molecule has 0 radical (unpaired) electrons. The van der Waals surface area contributed by atoms with E-state index in [0.29, 0.717) is 12.4 Å². The SMILES string of the molecule is CCNc1cc(OCCCC(F)(F)F)ncn1. The summed E-state index contributed by atoms with van der Waals surface area (Å²) < 4.78 is 40.7. The van der Waals surface area contributed by atoms with Gasteiger partial charge in [-0.05, 0) is 13.3 Å². The summed E-state index contributed by atoms with van der Waals surface area (Å²) in [5.41, 5.74) is 0. The molecule has 1 rings (SSSR count). The summed E-state index contributed by atoms with van der Waals surface area (Å²) in [5, 5.41) is 2.95. The molecule has 1 N–H and O–H groups in total. The summed E-state index contributed by atoms with van der Waals surface area (Å²) in [5.74, 6) is 0.867. The quantitative estimate of drug-likeness (QED) is 0.787. The van der Waals surface area contributed by atoms with Crippen LogP contribution < -0.4 is 10.1 Å². The molecule has 1 aromatic rings. The molecule has 0 spiro atoms. The number of alkyl halides is 3. The van der Waals surface area contributed by atoms with Gasteiger partial charge < -0.3 is 10.1 Å². The summed E-state index contributed by atoms with van der Waals surface area (Å²) in [4.78, 5) is 7.72. The molecule has 0 fully saturated rings. The van der Waals surface area contributed by atoms with Crippen molar-refractivity contribution in [2.45, 2.75) is 25.9 Å². The van der Waals surface area contributed by atoms with Gasteiger partial charge in [-0.2, -0.15) is 13.2 Å². The van der Waals surface area contributed by atoms with E-state index in [1.54, 1.807) is 6.07 Å². The van der Waals surface area contributed by atoms with Crippen molar-refractivity contribution >= 4 is 5.82 Å². The number of hydrogen-bond acceptors (Lipinski definition) is 4. The summed E-state index contributed by atoms with van der Waals surface area (Å²) >= 11 is 0. The molecule has 0 amide bonds. The number of nitrogens with zero attached hydrogens (tertiary/aromatic N) is 2. The van der Waals surface area contributed by atoms with Crippen LogP contribution in [0.3, 0.4) is 0 Å². The lowest BCUT2D eigenvalue weighted by Crippen LogP contribution is -2.10. The average molecular weight is 249 g/mol. The Morgan fingerprint density at radius 3 is 2.76 bits per heavy atom. The van der Waals surface area contributed by atoms with E-state index >= 15 is 0 Å². The molecule has 7 heteroatoms. The van der Waals surface area contributed by atoms with E-state index < -0.39 is 12.6 Å². The van der Waals surface area contributed by atoms with Crippen LogP contribution in [0.5, 0.6) is 5.88 Å². The van der Waals surface area contributed by atoms with Gasteiger partial charge in [0.25, 0.3) is 0 Å². The maximum atomic E-state index is 11.9. The van der Waals surface area contributed by atoms with E-state index in [2.05, 4.69) is 15.3 Å². The van der Waals surface area contributed by atoms with E-state index in [-0.39, 0.29) is 18.9 Å². The van der Waals surface area contributed by atoms with Crippen molar-refractivity contribution in [2.24, 2.45) is 0 Å². The zero-order valence-electron chi connectivity index (χ0n) is 9.42. The maximum absolute atomic E-state index is 11.9. The molecule has 0 aliphatic heterocycles. The molecular weight excluding hydrogens is 235 g/mol. The molecule has 0 aliphatic carbocycles. The lowest BCUT2D eigenvalue weighted by atomic mass is 10.3. The first-order chi connectivity index (χ1) is 8.01. The Morgan fingerprint density at radius 1 is 1.35 bits per heavy atom. The zero-order chi connectivity index (χ0) is 12.7. The maximum Gasteiger partial charge on any atom is 0.389 e. The zero-order valence-corrected chi connectivity index (χ0v) is 9.42. The Morgan fingerprint density at radius 2 is 2.12 bits per heavy atom. The third kappa shape index (κ3) is 5.94. The molecule has 0 saturated heterocycles. The van der Waals surface area contributed by atoms with Crippen molar-refractivity contribution in [3.8, 4) is 5.88 Å². The normalized spacial score (nSPS) is 11.3. The highest BCUT2D eigenvalue weighted by Gasteiger charge is 2.26. The fraction of sp³-hybridized carbons (Fsp3) is 0.600. The van der Waals surface area contributed by atoms with Gasteiger partial charge >= 0.3 is 6.18 Å². The van der Waals surface area contributed by atoms with Gasteiger partial charge in [0.1, 0.15) is 12.1 Å². The van der Waals surface area contributed by atoms with Crippen LogP contribution in [-0.4, -0.2) is 29.3 Å². The molecule has 1 aromatic heterocycles. The van der Waals surface area contributed by atoms with Crippen LogP contribution in [0, 0.1) is 0 Å². The van der Waals surface area contributed by atoms with Gasteiger partial charge in [-0.3, -0.25) is 0 Å². The molecule has 4 nitrogen and oxygen atoms in total. The number of halogens is 3. The summed E-state index contributed by atoms with van der Waals surface area (Å²) in [6.07, 6.45) is -3.76. The fourth-order valence-electron chi connectivity index (χ4n) is 1.15. The lowest BCUT2D eigenvalue weighted by Gasteiger charge is -2.08. The van der Waals surface area contributed by atoms with Crippen molar-refractivity contribution in [3.63, 3.8) is 0 Å². The van der Waals surface area contributed by atoms with Crippen molar-refractivity contribution < 1.29 is 17.9 Å². The Kier molecular flexibility index (Phi) is 4.99. The predicted octanol–water partition coefficient (Wildman–Crippen LogP) is 2.63. The largest absolute Gasteiger partial charge is 0.478 e. The molecule has 0 saturated carbocycles. The van der Waals surface area contributed by atoms with E-state index in [9.17, 15) is 13.2 Å². The Labute approximate surface area is 97.2 Å². The van der Waals surface area contributed by atoms with Gasteiger partial charge in [-0.1, -0.05) is 0 Å². The molecule has 0 bridgehead atoms. The van der Waals surface area contributed by atoms with Gasteiger partial charge in [0.05, 0.1) is 6.61 Å². The minimum absolute atomic E-state index is 0.0118.